The number of hydrogen-bond donors (Lipinski definition) is 0. The molecule has 57 heavy (non-hydrogen) atoms. The molecule has 0 saturated carbocycles. The third-order valence-electron chi connectivity index (χ3n) is 11.6. The second-order valence-electron chi connectivity index (χ2n) is 14.9. The molecule has 12 rings (SSSR count). The number of allylic oxidation sites excluding steroid dienone is 1. The molecular formula is C52H34N4S. The zero-order valence-corrected chi connectivity index (χ0v) is 31.7. The summed E-state index contributed by atoms with van der Waals surface area (Å²) < 4.78 is 5.82. The van der Waals surface area contributed by atoms with E-state index in [4.69, 9.17) is 9.97 Å². The van der Waals surface area contributed by atoms with Gasteiger partial charge >= 0.3 is 0 Å². The van der Waals surface area contributed by atoms with Gasteiger partial charge in [-0.3, -0.25) is 4.57 Å². The lowest BCUT2D eigenvalue weighted by Gasteiger charge is -2.15. The first-order chi connectivity index (χ1) is 28.3. The zero-order valence-electron chi connectivity index (χ0n) is 30.9. The smallest absolute Gasteiger partial charge is 0.235 e. The number of aryl methyl sites for hydroxylation is 1. The number of aromatic nitrogens is 4. The molecule has 1 aliphatic carbocycles. The van der Waals surface area contributed by atoms with Crippen LogP contribution < -0.4 is 0 Å². The minimum atomic E-state index is 0.687. The molecule has 1 aliphatic rings. The Kier molecular flexibility index (Phi) is 7.19. The third-order valence-corrected chi connectivity index (χ3v) is 12.8. The maximum Gasteiger partial charge on any atom is 0.235 e. The Morgan fingerprint density at radius 3 is 2.11 bits per heavy atom. The van der Waals surface area contributed by atoms with Crippen LogP contribution in [0.3, 0.4) is 0 Å². The second-order valence-corrected chi connectivity index (χ2v) is 15.9. The highest BCUT2D eigenvalue weighted by molar-refractivity contribution is 7.22. The summed E-state index contributed by atoms with van der Waals surface area (Å²) in [5, 5.41) is 4.90. The number of nitrogens with zero attached hydrogens (tertiary/aromatic N) is 4. The van der Waals surface area contributed by atoms with Crippen molar-refractivity contribution in [2.24, 2.45) is 0 Å². The molecular weight excluding hydrogens is 713 g/mol. The van der Waals surface area contributed by atoms with Crippen LogP contribution in [0.5, 0.6) is 0 Å². The highest BCUT2D eigenvalue weighted by Crippen LogP contribution is 2.44. The van der Waals surface area contributed by atoms with E-state index in [1.54, 1.807) is 11.3 Å². The van der Waals surface area contributed by atoms with Gasteiger partial charge in [-0.15, -0.1) is 11.3 Å². The summed E-state index contributed by atoms with van der Waals surface area (Å²) in [5.74, 6) is 0.687. The standard InChI is InChI=1S/C52H34N4S/c1-4-16-34(17-5-1)47-32-43-51(57-47)49(35-18-6-2-7-19-35)54-52(53-43)56-45-30-28-36(31-42(45)40-29-27-33-15-10-11-22-39(33)50(40)56)38-24-14-26-46-48(38)41-23-12-13-25-44(41)55(46)37-20-8-3-9-21-37/h1-9,11-14,16-32H,10,15H2. The molecule has 7 aromatic carbocycles. The van der Waals surface area contributed by atoms with E-state index >= 15 is 0 Å². The van der Waals surface area contributed by atoms with Crippen LogP contribution in [-0.2, 0) is 6.42 Å². The summed E-state index contributed by atoms with van der Waals surface area (Å²) >= 11 is 1.76. The zero-order chi connectivity index (χ0) is 37.5. The molecule has 4 heterocycles. The molecule has 0 unspecified atom stereocenters. The Balaban J connectivity index is 1.14. The molecule has 0 spiro atoms. The van der Waals surface area contributed by atoms with Crippen LogP contribution in [0.1, 0.15) is 17.5 Å². The van der Waals surface area contributed by atoms with Crippen LogP contribution in [0.25, 0.3) is 104 Å². The van der Waals surface area contributed by atoms with Gasteiger partial charge in [0.25, 0.3) is 0 Å². The molecule has 4 nitrogen and oxygen atoms in total. The van der Waals surface area contributed by atoms with E-state index < -0.39 is 0 Å². The van der Waals surface area contributed by atoms with Crippen LogP contribution in [0.15, 0.2) is 176 Å². The van der Waals surface area contributed by atoms with Gasteiger partial charge in [-0.2, -0.15) is 0 Å². The summed E-state index contributed by atoms with van der Waals surface area (Å²) in [6, 6.07) is 61.2. The van der Waals surface area contributed by atoms with Crippen molar-refractivity contribution in [1.82, 2.24) is 19.1 Å². The third kappa shape index (κ3) is 4.99. The Morgan fingerprint density at radius 1 is 0.526 bits per heavy atom. The van der Waals surface area contributed by atoms with Crippen molar-refractivity contribution in [3.63, 3.8) is 0 Å². The van der Waals surface area contributed by atoms with Gasteiger partial charge in [-0.1, -0.05) is 140 Å². The molecule has 5 heteroatoms. The summed E-state index contributed by atoms with van der Waals surface area (Å²) in [6.07, 6.45) is 6.68. The van der Waals surface area contributed by atoms with E-state index in [1.807, 2.05) is 0 Å². The summed E-state index contributed by atoms with van der Waals surface area (Å²) in [6.45, 7) is 0. The average molecular weight is 747 g/mol. The molecule has 0 N–H and O–H groups in total. The number of thiophene rings is 1. The van der Waals surface area contributed by atoms with Gasteiger partial charge in [0, 0.05) is 43.2 Å². The molecule has 0 bridgehead atoms. The van der Waals surface area contributed by atoms with E-state index in [-0.39, 0.29) is 0 Å². The van der Waals surface area contributed by atoms with Crippen molar-refractivity contribution in [3.05, 3.63) is 187 Å². The van der Waals surface area contributed by atoms with Crippen LogP contribution in [0.2, 0.25) is 0 Å². The van der Waals surface area contributed by atoms with Crippen molar-refractivity contribution in [1.29, 1.82) is 0 Å². The minimum absolute atomic E-state index is 0.687. The first-order valence-corrected chi connectivity index (χ1v) is 20.4. The summed E-state index contributed by atoms with van der Waals surface area (Å²) in [5.41, 5.74) is 15.0. The second kappa shape index (κ2) is 12.7. The van der Waals surface area contributed by atoms with Gasteiger partial charge in [0.05, 0.1) is 38.0 Å². The predicted octanol–water partition coefficient (Wildman–Crippen LogP) is 13.8. The Hall–Kier alpha value is -7.08. The van der Waals surface area contributed by atoms with E-state index in [0.717, 1.165) is 51.0 Å². The van der Waals surface area contributed by atoms with Crippen LogP contribution >= 0.6 is 11.3 Å². The highest BCUT2D eigenvalue weighted by atomic mass is 32.1. The number of para-hydroxylation sites is 2. The summed E-state index contributed by atoms with van der Waals surface area (Å²) in [7, 11) is 0. The average Bonchev–Trinajstić information content (AvgIpc) is 3.97. The first-order valence-electron chi connectivity index (χ1n) is 19.6. The topological polar surface area (TPSA) is 35.6 Å². The van der Waals surface area contributed by atoms with Crippen molar-refractivity contribution in [2.45, 2.75) is 12.8 Å². The van der Waals surface area contributed by atoms with E-state index in [0.29, 0.717) is 5.95 Å². The maximum absolute atomic E-state index is 5.49. The Morgan fingerprint density at radius 2 is 1.26 bits per heavy atom. The lowest BCUT2D eigenvalue weighted by atomic mass is 9.94. The molecule has 4 aromatic heterocycles. The van der Waals surface area contributed by atoms with E-state index in [1.165, 1.54) is 65.3 Å². The SMILES string of the molecule is C1=Cc2c(ccc3c4cc(-c5cccc6c5c5ccccc5n6-c5ccccc5)ccc4n(-c4nc(-c5ccccc5)c5sc(-c6ccccc6)cc5n4)c23)CC1. The lowest BCUT2D eigenvalue weighted by molar-refractivity contribution is 0.977. The van der Waals surface area contributed by atoms with Crippen molar-refractivity contribution in [3.8, 4) is 44.5 Å². The fourth-order valence-electron chi connectivity index (χ4n) is 9.06. The molecule has 0 aliphatic heterocycles. The maximum atomic E-state index is 5.49. The number of fused-ring (bicyclic) bond motifs is 9. The summed E-state index contributed by atoms with van der Waals surface area (Å²) in [4.78, 5) is 12.1. The van der Waals surface area contributed by atoms with Gasteiger partial charge in [0.1, 0.15) is 0 Å². The lowest BCUT2D eigenvalue weighted by Crippen LogP contribution is -2.05. The van der Waals surface area contributed by atoms with Gasteiger partial charge in [-0.25, -0.2) is 9.97 Å². The highest BCUT2D eigenvalue weighted by Gasteiger charge is 2.24. The monoisotopic (exact) mass is 746 g/mol. The molecule has 0 saturated heterocycles. The largest absolute Gasteiger partial charge is 0.309 e. The van der Waals surface area contributed by atoms with Gasteiger partial charge < -0.3 is 4.57 Å². The predicted molar refractivity (Wildman–Crippen MR) is 240 cm³/mol. The molecule has 11 aromatic rings. The minimum Gasteiger partial charge on any atom is -0.309 e. The van der Waals surface area contributed by atoms with Crippen LogP contribution in [-0.4, -0.2) is 19.1 Å². The number of benzene rings is 7. The van der Waals surface area contributed by atoms with Crippen molar-refractivity contribution < 1.29 is 0 Å². The van der Waals surface area contributed by atoms with Crippen LogP contribution in [0, 0.1) is 0 Å². The number of rotatable bonds is 5. The Bertz CT molecular complexity index is 3390. The molecule has 0 amide bonds. The van der Waals surface area contributed by atoms with Gasteiger partial charge in [0.2, 0.25) is 5.95 Å². The normalized spacial score (nSPS) is 12.7. The van der Waals surface area contributed by atoms with Gasteiger partial charge in [-0.05, 0) is 77.6 Å². The fourth-order valence-corrected chi connectivity index (χ4v) is 10.2. The molecule has 268 valence electrons. The fraction of sp³-hybridized carbons (Fsp3) is 0.0385. The van der Waals surface area contributed by atoms with Crippen molar-refractivity contribution in [2.75, 3.05) is 0 Å². The Labute approximate surface area is 333 Å². The quantitative estimate of drug-likeness (QED) is 0.176. The molecule has 0 atom stereocenters. The molecule has 0 radical (unpaired) electrons. The van der Waals surface area contributed by atoms with E-state index in [9.17, 15) is 0 Å². The number of hydrogen-bond acceptors (Lipinski definition) is 3. The van der Waals surface area contributed by atoms with Crippen molar-refractivity contribution >= 4 is 71.2 Å². The first kappa shape index (κ1) is 32.2. The van der Waals surface area contributed by atoms with Crippen LogP contribution in [0.4, 0.5) is 0 Å². The molecule has 0 fully saturated rings. The van der Waals surface area contributed by atoms with Gasteiger partial charge in [0.15, 0.2) is 0 Å². The van der Waals surface area contributed by atoms with E-state index in [2.05, 4.69) is 191 Å².